The van der Waals surface area contributed by atoms with E-state index in [-0.39, 0.29) is 55.4 Å². The molecule has 1 aromatic heterocycles. The Kier molecular flexibility index (Phi) is 6.26. The first-order chi connectivity index (χ1) is 15.4. The average Bonchev–Trinajstić information content (AvgIpc) is 3.42. The Morgan fingerprint density at radius 2 is 2.22 bits per heavy atom. The monoisotopic (exact) mass is 446 g/mol. The molecular weight excluding hydrogens is 420 g/mol. The van der Waals surface area contributed by atoms with Crippen LogP contribution in [0.1, 0.15) is 31.2 Å². The molecule has 1 saturated heterocycles. The van der Waals surface area contributed by atoms with Gasteiger partial charge in [0.15, 0.2) is 5.82 Å². The summed E-state index contributed by atoms with van der Waals surface area (Å²) in [4.78, 5) is 30.0. The molecule has 0 aliphatic carbocycles. The van der Waals surface area contributed by atoms with E-state index in [4.69, 9.17) is 15.2 Å². The molecule has 2 aliphatic rings. The third kappa shape index (κ3) is 4.11. The molecule has 0 bridgehead atoms. The molecule has 32 heavy (non-hydrogen) atoms. The summed E-state index contributed by atoms with van der Waals surface area (Å²) < 4.78 is 12.7. The maximum absolute atomic E-state index is 13.0. The Bertz CT molecular complexity index is 1060. The zero-order valence-corrected chi connectivity index (χ0v) is 17.6. The zero-order valence-electron chi connectivity index (χ0n) is 17.6. The van der Waals surface area contributed by atoms with Crippen molar-refractivity contribution < 1.29 is 19.5 Å². The molecule has 2 aliphatic heterocycles. The number of nitro groups is 1. The number of aromatic nitrogens is 2. The average molecular weight is 446 g/mol. The van der Waals surface area contributed by atoms with E-state index in [2.05, 4.69) is 10.3 Å². The van der Waals surface area contributed by atoms with Gasteiger partial charge in [0.1, 0.15) is 18.6 Å². The molecule has 1 fully saturated rings. The molecule has 12 nitrogen and oxygen atoms in total. The van der Waals surface area contributed by atoms with Gasteiger partial charge in [0.25, 0.3) is 11.2 Å². The first kappa shape index (κ1) is 22.0. The predicted molar refractivity (Wildman–Crippen MR) is 116 cm³/mol. The minimum atomic E-state index is -0.424. The maximum atomic E-state index is 13.0. The summed E-state index contributed by atoms with van der Waals surface area (Å²) in [6.45, 7) is 2.13. The molecule has 3 unspecified atom stereocenters. The SMILES string of the molecule is CC(COCn1c(N)nc2c(c1=O)NCN2C1CCC(CO)O1)c1ccccc1[N+](=O)[O-]. The number of hydrogen-bond acceptors (Lipinski definition) is 10. The van der Waals surface area contributed by atoms with Crippen LogP contribution in [0.3, 0.4) is 0 Å². The first-order valence-electron chi connectivity index (χ1n) is 10.4. The van der Waals surface area contributed by atoms with Crippen molar-refractivity contribution in [1.29, 1.82) is 0 Å². The number of ether oxygens (including phenoxy) is 2. The Labute approximate surface area is 183 Å². The van der Waals surface area contributed by atoms with Crippen molar-refractivity contribution in [1.82, 2.24) is 9.55 Å². The van der Waals surface area contributed by atoms with Gasteiger partial charge < -0.3 is 30.5 Å². The summed E-state index contributed by atoms with van der Waals surface area (Å²) in [6.07, 6.45) is 0.925. The number of anilines is 3. The summed E-state index contributed by atoms with van der Waals surface area (Å²) in [6, 6.07) is 6.49. The second kappa shape index (κ2) is 9.10. The van der Waals surface area contributed by atoms with Gasteiger partial charge in [-0.2, -0.15) is 4.98 Å². The molecule has 3 atom stereocenters. The lowest BCUT2D eigenvalue weighted by Crippen LogP contribution is -2.36. The molecule has 0 saturated carbocycles. The fraction of sp³-hybridized carbons (Fsp3) is 0.500. The number of para-hydroxylation sites is 1. The number of rotatable bonds is 8. The number of benzene rings is 1. The molecule has 3 heterocycles. The summed E-state index contributed by atoms with van der Waals surface area (Å²) in [5.74, 6) is 0.154. The van der Waals surface area contributed by atoms with Crippen LogP contribution in [0.2, 0.25) is 0 Å². The first-order valence-corrected chi connectivity index (χ1v) is 10.4. The molecule has 12 heteroatoms. The van der Waals surface area contributed by atoms with E-state index >= 15 is 0 Å². The van der Waals surface area contributed by atoms with Gasteiger partial charge in [-0.3, -0.25) is 19.5 Å². The van der Waals surface area contributed by atoms with Gasteiger partial charge in [0.2, 0.25) is 5.95 Å². The third-order valence-electron chi connectivity index (χ3n) is 5.77. The molecule has 4 rings (SSSR count). The van der Waals surface area contributed by atoms with Crippen LogP contribution in [0, 0.1) is 10.1 Å². The largest absolute Gasteiger partial charge is 0.394 e. The van der Waals surface area contributed by atoms with E-state index in [1.54, 1.807) is 18.2 Å². The quantitative estimate of drug-likeness (QED) is 0.397. The van der Waals surface area contributed by atoms with Crippen molar-refractivity contribution in [2.24, 2.45) is 0 Å². The van der Waals surface area contributed by atoms with Crippen LogP contribution in [0.25, 0.3) is 0 Å². The maximum Gasteiger partial charge on any atom is 0.282 e. The molecule has 0 spiro atoms. The highest BCUT2D eigenvalue weighted by Crippen LogP contribution is 2.33. The van der Waals surface area contributed by atoms with Crippen molar-refractivity contribution >= 4 is 23.1 Å². The van der Waals surface area contributed by atoms with Crippen LogP contribution in [0.4, 0.5) is 23.1 Å². The van der Waals surface area contributed by atoms with Crippen LogP contribution >= 0.6 is 0 Å². The molecule has 172 valence electrons. The number of aliphatic hydroxyl groups is 1. The molecule has 1 aromatic carbocycles. The number of nitro benzene ring substituents is 1. The van der Waals surface area contributed by atoms with E-state index in [1.807, 2.05) is 11.8 Å². The Morgan fingerprint density at radius 1 is 1.44 bits per heavy atom. The number of nitrogens with one attached hydrogen (secondary N) is 1. The van der Waals surface area contributed by atoms with Crippen LogP contribution in [0.15, 0.2) is 29.1 Å². The Balaban J connectivity index is 1.45. The summed E-state index contributed by atoms with van der Waals surface area (Å²) in [5, 5.41) is 23.6. The molecular formula is C20H26N6O6. The normalized spacial score (nSPS) is 20.8. The highest BCUT2D eigenvalue weighted by Gasteiger charge is 2.36. The third-order valence-corrected chi connectivity index (χ3v) is 5.77. The number of nitrogens with two attached hydrogens (primary N) is 1. The minimum Gasteiger partial charge on any atom is -0.394 e. The predicted octanol–water partition coefficient (Wildman–Crippen LogP) is 1.20. The smallest absolute Gasteiger partial charge is 0.282 e. The van der Waals surface area contributed by atoms with Gasteiger partial charge in [-0.1, -0.05) is 25.1 Å². The summed E-state index contributed by atoms with van der Waals surface area (Å²) in [7, 11) is 0. The summed E-state index contributed by atoms with van der Waals surface area (Å²) >= 11 is 0. The molecule has 0 radical (unpaired) electrons. The van der Waals surface area contributed by atoms with Crippen molar-refractivity contribution in [2.45, 2.75) is 44.7 Å². The second-order valence-corrected chi connectivity index (χ2v) is 7.90. The lowest BCUT2D eigenvalue weighted by atomic mass is 10.0. The van der Waals surface area contributed by atoms with Crippen LogP contribution in [0.5, 0.6) is 0 Å². The van der Waals surface area contributed by atoms with Crippen LogP contribution < -0.4 is 21.5 Å². The fourth-order valence-electron chi connectivity index (χ4n) is 4.06. The van der Waals surface area contributed by atoms with Crippen molar-refractivity contribution in [3.05, 3.63) is 50.3 Å². The van der Waals surface area contributed by atoms with Gasteiger partial charge in [-0.15, -0.1) is 0 Å². The number of hydrogen-bond donors (Lipinski definition) is 3. The highest BCUT2D eigenvalue weighted by atomic mass is 16.6. The van der Waals surface area contributed by atoms with Crippen molar-refractivity contribution in [3.63, 3.8) is 0 Å². The lowest BCUT2D eigenvalue weighted by molar-refractivity contribution is -0.385. The molecule has 0 amide bonds. The molecule has 2 aromatic rings. The number of fused-ring (bicyclic) bond motifs is 1. The van der Waals surface area contributed by atoms with E-state index in [1.165, 1.54) is 10.6 Å². The van der Waals surface area contributed by atoms with E-state index in [0.717, 1.165) is 6.42 Å². The van der Waals surface area contributed by atoms with E-state index < -0.39 is 4.92 Å². The minimum absolute atomic E-state index is 0.00231. The molecule has 4 N–H and O–H groups in total. The second-order valence-electron chi connectivity index (χ2n) is 7.90. The number of nitrogen functional groups attached to an aromatic ring is 1. The van der Waals surface area contributed by atoms with Crippen molar-refractivity contribution in [2.75, 3.05) is 35.8 Å². The zero-order chi connectivity index (χ0) is 22.8. The van der Waals surface area contributed by atoms with Crippen molar-refractivity contribution in [3.8, 4) is 0 Å². The number of aliphatic hydroxyl groups excluding tert-OH is 1. The van der Waals surface area contributed by atoms with Crippen LogP contribution in [-0.4, -0.2) is 51.8 Å². The standard InChI is InChI=1S/C20H26N6O6/c1-12(14-4-2-3-5-15(14)26(29)30)9-31-11-25-19(28)17-18(23-20(25)21)24(10-22-17)16-7-6-13(8-27)32-16/h2-5,12-13,16,22,27H,6-11H2,1H3,(H2,21,23). The van der Waals surface area contributed by atoms with Gasteiger partial charge in [0.05, 0.1) is 30.9 Å². The van der Waals surface area contributed by atoms with Gasteiger partial charge in [-0.05, 0) is 12.8 Å². The number of nitrogens with zero attached hydrogens (tertiary/aromatic N) is 4. The van der Waals surface area contributed by atoms with Gasteiger partial charge in [-0.25, -0.2) is 0 Å². The van der Waals surface area contributed by atoms with Gasteiger partial charge in [0, 0.05) is 17.5 Å². The summed E-state index contributed by atoms with van der Waals surface area (Å²) in [5.41, 5.74) is 6.57. The fourth-order valence-corrected chi connectivity index (χ4v) is 4.06. The Hall–Kier alpha value is -3.22. The highest BCUT2D eigenvalue weighted by molar-refractivity contribution is 5.71. The Morgan fingerprint density at radius 3 is 2.94 bits per heavy atom. The van der Waals surface area contributed by atoms with E-state index in [9.17, 15) is 20.0 Å². The van der Waals surface area contributed by atoms with E-state index in [0.29, 0.717) is 30.2 Å². The van der Waals surface area contributed by atoms with Crippen LogP contribution in [-0.2, 0) is 16.2 Å². The van der Waals surface area contributed by atoms with Gasteiger partial charge >= 0.3 is 0 Å². The lowest BCUT2D eigenvalue weighted by Gasteiger charge is -2.25. The topological polar surface area (TPSA) is 158 Å².